The third kappa shape index (κ3) is 4.11. The summed E-state index contributed by atoms with van der Waals surface area (Å²) in [5.74, 6) is -0.362. The molecule has 0 unspecified atom stereocenters. The maximum atomic E-state index is 12.8. The van der Waals surface area contributed by atoms with E-state index in [1.54, 1.807) is 12.1 Å². The summed E-state index contributed by atoms with van der Waals surface area (Å²) in [6, 6.07) is 6.29. The van der Waals surface area contributed by atoms with Crippen molar-refractivity contribution in [2.24, 2.45) is 0 Å². The van der Waals surface area contributed by atoms with E-state index in [1.807, 2.05) is 13.8 Å². The first-order chi connectivity index (χ1) is 7.11. The second kappa shape index (κ2) is 5.49. The standard InChI is InChI=1S/C12H16FNO/c1-3-9(2)14-12(15)8-10-5-4-6-11(13)7-10/h4-7,9H,3,8H2,1-2H3,(H,14,15)/t9-/m0/s1. The molecule has 0 fully saturated rings. The van der Waals surface area contributed by atoms with Crippen LogP contribution in [0.15, 0.2) is 24.3 Å². The van der Waals surface area contributed by atoms with Crippen molar-refractivity contribution in [3.05, 3.63) is 35.6 Å². The maximum Gasteiger partial charge on any atom is 0.224 e. The molecule has 0 heterocycles. The van der Waals surface area contributed by atoms with E-state index in [4.69, 9.17) is 0 Å². The van der Waals surface area contributed by atoms with Gasteiger partial charge in [0, 0.05) is 6.04 Å². The molecule has 2 nitrogen and oxygen atoms in total. The third-order valence-electron chi connectivity index (χ3n) is 2.27. The molecule has 0 saturated heterocycles. The molecule has 15 heavy (non-hydrogen) atoms. The van der Waals surface area contributed by atoms with Crippen molar-refractivity contribution in [1.82, 2.24) is 5.32 Å². The van der Waals surface area contributed by atoms with Crippen molar-refractivity contribution in [2.45, 2.75) is 32.7 Å². The molecular weight excluding hydrogens is 193 g/mol. The fourth-order valence-corrected chi connectivity index (χ4v) is 1.26. The van der Waals surface area contributed by atoms with Crippen LogP contribution in [0.3, 0.4) is 0 Å². The number of rotatable bonds is 4. The van der Waals surface area contributed by atoms with Crippen LogP contribution < -0.4 is 5.32 Å². The van der Waals surface area contributed by atoms with Crippen molar-refractivity contribution in [1.29, 1.82) is 0 Å². The molecule has 0 spiro atoms. The average molecular weight is 209 g/mol. The molecule has 0 aliphatic carbocycles. The predicted octanol–water partition coefficient (Wildman–Crippen LogP) is 2.28. The van der Waals surface area contributed by atoms with Crippen molar-refractivity contribution < 1.29 is 9.18 Å². The summed E-state index contributed by atoms with van der Waals surface area (Å²) < 4.78 is 12.8. The lowest BCUT2D eigenvalue weighted by atomic mass is 10.1. The average Bonchev–Trinajstić information content (AvgIpc) is 2.17. The fourth-order valence-electron chi connectivity index (χ4n) is 1.26. The Balaban J connectivity index is 2.51. The van der Waals surface area contributed by atoms with Crippen LogP contribution in [0.4, 0.5) is 4.39 Å². The zero-order valence-corrected chi connectivity index (χ0v) is 9.09. The van der Waals surface area contributed by atoms with Crippen LogP contribution in [-0.2, 0) is 11.2 Å². The molecule has 1 amide bonds. The third-order valence-corrected chi connectivity index (χ3v) is 2.27. The second-order valence-electron chi connectivity index (χ2n) is 3.68. The summed E-state index contributed by atoms with van der Waals surface area (Å²) in [4.78, 5) is 11.5. The lowest BCUT2D eigenvalue weighted by Gasteiger charge is -2.11. The smallest absolute Gasteiger partial charge is 0.224 e. The zero-order valence-electron chi connectivity index (χ0n) is 9.09. The molecule has 0 radical (unpaired) electrons. The van der Waals surface area contributed by atoms with Gasteiger partial charge >= 0.3 is 0 Å². The lowest BCUT2D eigenvalue weighted by Crippen LogP contribution is -2.33. The molecule has 0 aromatic heterocycles. The van der Waals surface area contributed by atoms with Gasteiger partial charge in [-0.3, -0.25) is 4.79 Å². The van der Waals surface area contributed by atoms with Gasteiger partial charge in [-0.15, -0.1) is 0 Å². The topological polar surface area (TPSA) is 29.1 Å². The minimum atomic E-state index is -0.302. The van der Waals surface area contributed by atoms with E-state index in [1.165, 1.54) is 12.1 Å². The lowest BCUT2D eigenvalue weighted by molar-refractivity contribution is -0.121. The highest BCUT2D eigenvalue weighted by Crippen LogP contribution is 2.04. The Bertz CT molecular complexity index is 338. The summed E-state index contributed by atoms with van der Waals surface area (Å²) in [7, 11) is 0. The molecule has 0 aliphatic heterocycles. The number of benzene rings is 1. The Kier molecular flexibility index (Phi) is 4.28. The molecule has 1 atom stereocenters. The van der Waals surface area contributed by atoms with Gasteiger partial charge in [0.05, 0.1) is 6.42 Å². The molecule has 0 aliphatic rings. The molecule has 0 saturated carbocycles. The Morgan fingerprint density at radius 2 is 2.27 bits per heavy atom. The van der Waals surface area contributed by atoms with Crippen molar-refractivity contribution in [3.8, 4) is 0 Å². The number of hydrogen-bond acceptors (Lipinski definition) is 1. The van der Waals surface area contributed by atoms with Crippen molar-refractivity contribution in [2.75, 3.05) is 0 Å². The molecule has 1 aromatic carbocycles. The van der Waals surface area contributed by atoms with E-state index >= 15 is 0 Å². The molecule has 82 valence electrons. The zero-order chi connectivity index (χ0) is 11.3. The molecule has 3 heteroatoms. The Hall–Kier alpha value is -1.38. The van der Waals surface area contributed by atoms with E-state index in [0.717, 1.165) is 6.42 Å². The second-order valence-corrected chi connectivity index (χ2v) is 3.68. The normalized spacial score (nSPS) is 12.2. The van der Waals surface area contributed by atoms with Crippen molar-refractivity contribution in [3.63, 3.8) is 0 Å². The summed E-state index contributed by atoms with van der Waals surface area (Å²) in [5, 5.41) is 2.84. The number of carbonyl (C=O) groups is 1. The highest BCUT2D eigenvalue weighted by atomic mass is 19.1. The Morgan fingerprint density at radius 3 is 2.87 bits per heavy atom. The summed E-state index contributed by atoms with van der Waals surface area (Å²) in [6.45, 7) is 3.95. The number of amides is 1. The molecule has 0 bridgehead atoms. The number of carbonyl (C=O) groups excluding carboxylic acids is 1. The van der Waals surface area contributed by atoms with Crippen LogP contribution in [-0.4, -0.2) is 11.9 Å². The minimum absolute atomic E-state index is 0.0602. The van der Waals surface area contributed by atoms with Gasteiger partial charge in [0.25, 0.3) is 0 Å². The molecular formula is C12H16FNO. The highest BCUT2D eigenvalue weighted by molar-refractivity contribution is 5.78. The quantitative estimate of drug-likeness (QED) is 0.809. The van der Waals surface area contributed by atoms with Gasteiger partial charge in [-0.05, 0) is 31.0 Å². The highest BCUT2D eigenvalue weighted by Gasteiger charge is 2.06. The van der Waals surface area contributed by atoms with Gasteiger partial charge in [0.15, 0.2) is 0 Å². The molecule has 1 rings (SSSR count). The van der Waals surface area contributed by atoms with Gasteiger partial charge in [0.2, 0.25) is 5.91 Å². The van der Waals surface area contributed by atoms with E-state index in [0.29, 0.717) is 5.56 Å². The Labute approximate surface area is 89.5 Å². The number of nitrogens with one attached hydrogen (secondary N) is 1. The first-order valence-electron chi connectivity index (χ1n) is 5.15. The summed E-state index contributed by atoms with van der Waals surface area (Å²) >= 11 is 0. The summed E-state index contributed by atoms with van der Waals surface area (Å²) in [5.41, 5.74) is 0.704. The first-order valence-corrected chi connectivity index (χ1v) is 5.15. The van der Waals surface area contributed by atoms with Gasteiger partial charge in [-0.1, -0.05) is 19.1 Å². The van der Waals surface area contributed by atoms with Crippen LogP contribution in [0.2, 0.25) is 0 Å². The van der Waals surface area contributed by atoms with Crippen LogP contribution in [0.5, 0.6) is 0 Å². The van der Waals surface area contributed by atoms with E-state index in [2.05, 4.69) is 5.32 Å². The maximum absolute atomic E-state index is 12.8. The summed E-state index contributed by atoms with van der Waals surface area (Å²) in [6.07, 6.45) is 1.14. The van der Waals surface area contributed by atoms with Gasteiger partial charge < -0.3 is 5.32 Å². The van der Waals surface area contributed by atoms with Gasteiger partial charge in [0.1, 0.15) is 5.82 Å². The largest absolute Gasteiger partial charge is 0.353 e. The van der Waals surface area contributed by atoms with Gasteiger partial charge in [-0.2, -0.15) is 0 Å². The van der Waals surface area contributed by atoms with E-state index < -0.39 is 0 Å². The molecule has 1 aromatic rings. The fraction of sp³-hybridized carbons (Fsp3) is 0.417. The van der Waals surface area contributed by atoms with Crippen molar-refractivity contribution >= 4 is 5.91 Å². The molecule has 1 N–H and O–H groups in total. The van der Waals surface area contributed by atoms with Crippen LogP contribution in [0, 0.1) is 5.82 Å². The Morgan fingerprint density at radius 1 is 1.53 bits per heavy atom. The number of halogens is 1. The van der Waals surface area contributed by atoms with Gasteiger partial charge in [-0.25, -0.2) is 4.39 Å². The van der Waals surface area contributed by atoms with Crippen LogP contribution in [0.1, 0.15) is 25.8 Å². The van der Waals surface area contributed by atoms with Crippen LogP contribution in [0.25, 0.3) is 0 Å². The predicted molar refractivity (Wildman–Crippen MR) is 58.0 cm³/mol. The van der Waals surface area contributed by atoms with E-state index in [-0.39, 0.29) is 24.2 Å². The monoisotopic (exact) mass is 209 g/mol. The minimum Gasteiger partial charge on any atom is -0.353 e. The first kappa shape index (κ1) is 11.7. The van der Waals surface area contributed by atoms with E-state index in [9.17, 15) is 9.18 Å². The SMILES string of the molecule is CC[C@H](C)NC(=O)Cc1cccc(F)c1. The number of hydrogen-bond donors (Lipinski definition) is 1. The van der Waals surface area contributed by atoms with Crippen LogP contribution >= 0.6 is 0 Å².